The van der Waals surface area contributed by atoms with Crippen LogP contribution in [0.2, 0.25) is 0 Å². The molecule has 1 aliphatic carbocycles. The molecule has 0 unspecified atom stereocenters. The van der Waals surface area contributed by atoms with Crippen molar-refractivity contribution in [3.8, 4) is 11.1 Å². The smallest absolute Gasteiger partial charge is 0.319 e. The van der Waals surface area contributed by atoms with Crippen molar-refractivity contribution in [1.29, 1.82) is 0 Å². The fourth-order valence-electron chi connectivity index (χ4n) is 2.97. The zero-order valence-electron chi connectivity index (χ0n) is 15.3. The average Bonchev–Trinajstić information content (AvgIpc) is 3.54. The van der Waals surface area contributed by atoms with Crippen LogP contribution in [0, 0.1) is 0 Å². The first-order valence-corrected chi connectivity index (χ1v) is 9.32. The zero-order chi connectivity index (χ0) is 19.3. The van der Waals surface area contributed by atoms with Crippen molar-refractivity contribution in [3.63, 3.8) is 0 Å². The molecule has 0 heterocycles. The average molecular weight is 371 g/mol. The lowest BCUT2D eigenvalue weighted by atomic mass is 9.99. The standard InChI is InChI=1S/C23H21N3O2/c27-22(21-9-5-4-8-20(21)16-6-2-1-3-7-16)24-17-10-12-18(13-11-17)25-23(28)26-19-14-15-19/h1-13,19H,14-15H2,(H,24,27)(H2,25,26,28). The maximum Gasteiger partial charge on any atom is 0.319 e. The highest BCUT2D eigenvalue weighted by atomic mass is 16.2. The lowest BCUT2D eigenvalue weighted by Gasteiger charge is -2.11. The summed E-state index contributed by atoms with van der Waals surface area (Å²) in [4.78, 5) is 24.6. The van der Waals surface area contributed by atoms with Gasteiger partial charge in [0, 0.05) is 23.0 Å². The van der Waals surface area contributed by atoms with Crippen LogP contribution in [-0.2, 0) is 0 Å². The molecule has 0 radical (unpaired) electrons. The molecular weight excluding hydrogens is 350 g/mol. The number of amides is 3. The Kier molecular flexibility index (Phi) is 5.06. The van der Waals surface area contributed by atoms with Crippen molar-refractivity contribution in [2.75, 3.05) is 10.6 Å². The number of urea groups is 1. The number of rotatable bonds is 5. The van der Waals surface area contributed by atoms with E-state index in [0.717, 1.165) is 24.0 Å². The molecule has 28 heavy (non-hydrogen) atoms. The van der Waals surface area contributed by atoms with E-state index in [1.54, 1.807) is 24.3 Å². The van der Waals surface area contributed by atoms with E-state index in [4.69, 9.17) is 0 Å². The van der Waals surface area contributed by atoms with Gasteiger partial charge in [-0.25, -0.2) is 4.79 Å². The molecule has 1 aliphatic rings. The first-order chi connectivity index (χ1) is 13.7. The van der Waals surface area contributed by atoms with Crippen LogP contribution in [0.15, 0.2) is 78.9 Å². The van der Waals surface area contributed by atoms with Crippen LogP contribution in [0.25, 0.3) is 11.1 Å². The van der Waals surface area contributed by atoms with Crippen LogP contribution in [0.3, 0.4) is 0 Å². The molecule has 0 atom stereocenters. The fourth-order valence-corrected chi connectivity index (χ4v) is 2.97. The number of benzene rings is 3. The highest BCUT2D eigenvalue weighted by molar-refractivity contribution is 6.08. The second-order valence-corrected chi connectivity index (χ2v) is 6.82. The molecule has 3 N–H and O–H groups in total. The summed E-state index contributed by atoms with van der Waals surface area (Å²) in [6.07, 6.45) is 2.09. The Hall–Kier alpha value is -3.60. The van der Waals surface area contributed by atoms with E-state index >= 15 is 0 Å². The van der Waals surface area contributed by atoms with E-state index in [9.17, 15) is 9.59 Å². The van der Waals surface area contributed by atoms with Crippen LogP contribution < -0.4 is 16.0 Å². The van der Waals surface area contributed by atoms with Crippen LogP contribution in [0.5, 0.6) is 0 Å². The Balaban J connectivity index is 1.45. The molecule has 3 aromatic carbocycles. The lowest BCUT2D eigenvalue weighted by Crippen LogP contribution is -2.30. The molecule has 0 bridgehead atoms. The third-order valence-electron chi connectivity index (χ3n) is 4.57. The van der Waals surface area contributed by atoms with Gasteiger partial charge in [0.25, 0.3) is 5.91 Å². The lowest BCUT2D eigenvalue weighted by molar-refractivity contribution is 0.102. The number of hydrogen-bond acceptors (Lipinski definition) is 2. The highest BCUT2D eigenvalue weighted by Crippen LogP contribution is 2.24. The van der Waals surface area contributed by atoms with Gasteiger partial charge in [-0.1, -0.05) is 48.5 Å². The van der Waals surface area contributed by atoms with E-state index < -0.39 is 0 Å². The zero-order valence-corrected chi connectivity index (χ0v) is 15.3. The van der Waals surface area contributed by atoms with Gasteiger partial charge < -0.3 is 16.0 Å². The Morgan fingerprint density at radius 1 is 0.714 bits per heavy atom. The molecule has 3 aromatic rings. The molecule has 5 nitrogen and oxygen atoms in total. The number of anilines is 2. The van der Waals surface area contributed by atoms with E-state index in [-0.39, 0.29) is 11.9 Å². The Morgan fingerprint density at radius 3 is 2.00 bits per heavy atom. The predicted molar refractivity (Wildman–Crippen MR) is 111 cm³/mol. The summed E-state index contributed by atoms with van der Waals surface area (Å²) in [5.74, 6) is -0.174. The Morgan fingerprint density at radius 2 is 1.32 bits per heavy atom. The van der Waals surface area contributed by atoms with E-state index in [0.29, 0.717) is 23.0 Å². The van der Waals surface area contributed by atoms with Gasteiger partial charge in [-0.2, -0.15) is 0 Å². The Labute approximate surface area is 163 Å². The van der Waals surface area contributed by atoms with Gasteiger partial charge in [0.15, 0.2) is 0 Å². The number of carbonyl (C=O) groups is 2. The van der Waals surface area contributed by atoms with Gasteiger partial charge in [0.1, 0.15) is 0 Å². The van der Waals surface area contributed by atoms with Crippen LogP contribution >= 0.6 is 0 Å². The molecule has 3 amide bonds. The molecular formula is C23H21N3O2. The minimum absolute atomic E-state index is 0.174. The molecule has 0 aromatic heterocycles. The molecule has 0 spiro atoms. The predicted octanol–water partition coefficient (Wildman–Crippen LogP) is 4.89. The van der Waals surface area contributed by atoms with Gasteiger partial charge in [-0.15, -0.1) is 0 Å². The molecule has 0 aliphatic heterocycles. The summed E-state index contributed by atoms with van der Waals surface area (Å²) in [7, 11) is 0. The minimum atomic E-state index is -0.198. The summed E-state index contributed by atoms with van der Waals surface area (Å²) in [6, 6.07) is 24.6. The van der Waals surface area contributed by atoms with Crippen LogP contribution in [-0.4, -0.2) is 18.0 Å². The van der Waals surface area contributed by atoms with Gasteiger partial charge in [-0.3, -0.25) is 4.79 Å². The molecule has 140 valence electrons. The van der Waals surface area contributed by atoms with Gasteiger partial charge >= 0.3 is 6.03 Å². The maximum absolute atomic E-state index is 12.8. The van der Waals surface area contributed by atoms with Gasteiger partial charge in [-0.05, 0) is 54.3 Å². The number of nitrogens with one attached hydrogen (secondary N) is 3. The Bertz CT molecular complexity index is 980. The second kappa shape index (κ2) is 7.96. The monoisotopic (exact) mass is 371 g/mol. The van der Waals surface area contributed by atoms with Crippen LogP contribution in [0.1, 0.15) is 23.2 Å². The molecule has 1 fully saturated rings. The summed E-state index contributed by atoms with van der Waals surface area (Å²) < 4.78 is 0. The minimum Gasteiger partial charge on any atom is -0.335 e. The van der Waals surface area contributed by atoms with Crippen molar-refractivity contribution in [2.45, 2.75) is 18.9 Å². The van der Waals surface area contributed by atoms with E-state index in [2.05, 4.69) is 16.0 Å². The highest BCUT2D eigenvalue weighted by Gasteiger charge is 2.23. The van der Waals surface area contributed by atoms with Crippen molar-refractivity contribution in [2.24, 2.45) is 0 Å². The first kappa shape index (κ1) is 17.8. The second-order valence-electron chi connectivity index (χ2n) is 6.82. The van der Waals surface area contributed by atoms with Gasteiger partial charge in [0.05, 0.1) is 0 Å². The van der Waals surface area contributed by atoms with E-state index in [1.165, 1.54) is 0 Å². The third-order valence-corrected chi connectivity index (χ3v) is 4.57. The van der Waals surface area contributed by atoms with Crippen molar-refractivity contribution >= 4 is 23.3 Å². The maximum atomic E-state index is 12.8. The SMILES string of the molecule is O=C(Nc1ccc(NC(=O)c2ccccc2-c2ccccc2)cc1)NC1CC1. The molecule has 5 heteroatoms. The van der Waals surface area contributed by atoms with Crippen LogP contribution in [0.4, 0.5) is 16.2 Å². The van der Waals surface area contributed by atoms with Crippen molar-refractivity contribution in [3.05, 3.63) is 84.4 Å². The largest absolute Gasteiger partial charge is 0.335 e. The molecule has 0 saturated heterocycles. The fraction of sp³-hybridized carbons (Fsp3) is 0.130. The summed E-state index contributed by atoms with van der Waals surface area (Å²) in [5, 5.41) is 8.59. The topological polar surface area (TPSA) is 70.2 Å². The van der Waals surface area contributed by atoms with E-state index in [1.807, 2.05) is 54.6 Å². The number of hydrogen-bond donors (Lipinski definition) is 3. The molecule has 1 saturated carbocycles. The van der Waals surface area contributed by atoms with Crippen molar-refractivity contribution < 1.29 is 9.59 Å². The van der Waals surface area contributed by atoms with Crippen molar-refractivity contribution in [1.82, 2.24) is 5.32 Å². The number of carbonyl (C=O) groups excluding carboxylic acids is 2. The summed E-state index contributed by atoms with van der Waals surface area (Å²) in [5.41, 5.74) is 3.84. The first-order valence-electron chi connectivity index (χ1n) is 9.32. The quantitative estimate of drug-likeness (QED) is 0.598. The third kappa shape index (κ3) is 4.38. The normalized spacial score (nSPS) is 12.9. The summed E-state index contributed by atoms with van der Waals surface area (Å²) in [6.45, 7) is 0. The molecule has 4 rings (SSSR count). The summed E-state index contributed by atoms with van der Waals surface area (Å²) >= 11 is 0. The van der Waals surface area contributed by atoms with Gasteiger partial charge in [0.2, 0.25) is 0 Å².